The Balaban J connectivity index is 1.97. The average molecular weight is 443 g/mol. The Morgan fingerprint density at radius 1 is 1.03 bits per heavy atom. The van der Waals surface area contributed by atoms with Gasteiger partial charge in [0, 0.05) is 29.0 Å². The smallest absolute Gasteiger partial charge is 0.312 e. The summed E-state index contributed by atoms with van der Waals surface area (Å²) in [4.78, 5) is 22.4. The third-order valence-electron chi connectivity index (χ3n) is 5.49. The number of carbonyl (C=O) groups is 1. The number of hydrogen-bond acceptors (Lipinski definition) is 5. The Morgan fingerprint density at radius 3 is 2.36 bits per heavy atom. The van der Waals surface area contributed by atoms with E-state index in [2.05, 4.69) is 0 Å². The molecular weight excluding hydrogens is 422 g/mol. The van der Waals surface area contributed by atoms with Crippen LogP contribution in [0, 0.1) is 17.0 Å². The number of ether oxygens (including phenoxy) is 1. The number of aryl methyl sites for hydroxylation is 1. The normalized spacial score (nSPS) is 10.7. The van der Waals surface area contributed by atoms with Gasteiger partial charge >= 0.3 is 5.69 Å². The molecule has 0 atom stereocenters. The molecule has 3 N–H and O–H groups in total. The summed E-state index contributed by atoms with van der Waals surface area (Å²) in [6, 6.07) is 18.9. The van der Waals surface area contributed by atoms with Gasteiger partial charge in [0.15, 0.2) is 5.75 Å². The van der Waals surface area contributed by atoms with Crippen molar-refractivity contribution in [1.29, 1.82) is 0 Å². The number of phenols is 1. The number of aromatic hydroxyl groups is 1. The molecule has 3 aromatic carbocycles. The summed E-state index contributed by atoms with van der Waals surface area (Å²) in [7, 11) is 1.60. The molecule has 0 radical (unpaired) electrons. The number of methoxy groups -OCH3 is 1. The predicted molar refractivity (Wildman–Crippen MR) is 125 cm³/mol. The number of benzene rings is 3. The highest BCUT2D eigenvalue weighted by atomic mass is 16.6. The van der Waals surface area contributed by atoms with Crippen LogP contribution in [0.25, 0.3) is 28.1 Å². The molecule has 1 amide bonds. The summed E-state index contributed by atoms with van der Waals surface area (Å²) in [6.45, 7) is 1.87. The molecule has 1 heterocycles. The van der Waals surface area contributed by atoms with E-state index in [0.29, 0.717) is 11.3 Å². The zero-order chi connectivity index (χ0) is 23.7. The van der Waals surface area contributed by atoms with Crippen LogP contribution < -0.4 is 10.5 Å². The lowest BCUT2D eigenvalue weighted by atomic mass is 9.96. The number of nitro groups is 1. The van der Waals surface area contributed by atoms with Crippen LogP contribution in [0.15, 0.2) is 72.9 Å². The van der Waals surface area contributed by atoms with E-state index in [1.54, 1.807) is 25.3 Å². The van der Waals surface area contributed by atoms with Crippen molar-refractivity contribution in [2.24, 2.45) is 5.73 Å². The number of phenolic OH excluding ortho intramolecular Hbond substituents is 1. The van der Waals surface area contributed by atoms with Crippen molar-refractivity contribution in [3.8, 4) is 39.6 Å². The molecule has 0 spiro atoms. The molecular formula is C25H21N3O5. The summed E-state index contributed by atoms with van der Waals surface area (Å²) in [6.07, 6.45) is 1.81. The van der Waals surface area contributed by atoms with Crippen LogP contribution >= 0.6 is 0 Å². The van der Waals surface area contributed by atoms with E-state index < -0.39 is 16.6 Å². The maximum atomic E-state index is 11.6. The highest BCUT2D eigenvalue weighted by Crippen LogP contribution is 2.39. The molecule has 1 aromatic heterocycles. The molecule has 0 aliphatic heterocycles. The SMILES string of the molecule is COc1ccc(-c2ccn(-c3ccc(O)c([N+](=O)[O-])c3)c2-c2ccc(C(N)=O)cc2C)cc1. The van der Waals surface area contributed by atoms with Gasteiger partial charge in [-0.1, -0.05) is 18.2 Å². The number of nitrogens with zero attached hydrogens (tertiary/aromatic N) is 2. The van der Waals surface area contributed by atoms with Crippen molar-refractivity contribution in [2.45, 2.75) is 6.92 Å². The Hall–Kier alpha value is -4.59. The van der Waals surface area contributed by atoms with Gasteiger partial charge in [0.05, 0.1) is 23.4 Å². The molecule has 8 heteroatoms. The lowest BCUT2D eigenvalue weighted by Gasteiger charge is -2.15. The maximum absolute atomic E-state index is 11.6. The van der Waals surface area contributed by atoms with Gasteiger partial charge in [-0.2, -0.15) is 0 Å². The quantitative estimate of drug-likeness (QED) is 0.326. The first-order valence-electron chi connectivity index (χ1n) is 10.0. The molecule has 166 valence electrons. The highest BCUT2D eigenvalue weighted by Gasteiger charge is 2.20. The van der Waals surface area contributed by atoms with Crippen LogP contribution in [0.2, 0.25) is 0 Å². The van der Waals surface area contributed by atoms with Crippen molar-refractivity contribution in [3.05, 3.63) is 94.2 Å². The lowest BCUT2D eigenvalue weighted by Crippen LogP contribution is -2.11. The van der Waals surface area contributed by atoms with E-state index in [9.17, 15) is 20.0 Å². The fourth-order valence-corrected chi connectivity index (χ4v) is 3.82. The molecule has 0 unspecified atom stereocenters. The van der Waals surface area contributed by atoms with Gasteiger partial charge < -0.3 is 20.1 Å². The zero-order valence-corrected chi connectivity index (χ0v) is 18.0. The van der Waals surface area contributed by atoms with E-state index in [4.69, 9.17) is 10.5 Å². The van der Waals surface area contributed by atoms with E-state index in [-0.39, 0.29) is 5.69 Å². The van der Waals surface area contributed by atoms with Crippen molar-refractivity contribution >= 4 is 11.6 Å². The number of aromatic nitrogens is 1. The van der Waals surface area contributed by atoms with Gasteiger partial charge in [-0.15, -0.1) is 0 Å². The van der Waals surface area contributed by atoms with Gasteiger partial charge in [-0.3, -0.25) is 14.9 Å². The summed E-state index contributed by atoms with van der Waals surface area (Å²) in [5, 5.41) is 21.3. The predicted octanol–water partition coefficient (Wildman–Crippen LogP) is 4.84. The molecule has 0 bridgehead atoms. The first kappa shape index (κ1) is 21.6. The molecule has 8 nitrogen and oxygen atoms in total. The van der Waals surface area contributed by atoms with Crippen molar-refractivity contribution in [3.63, 3.8) is 0 Å². The van der Waals surface area contributed by atoms with Crippen LogP contribution in [-0.4, -0.2) is 27.6 Å². The first-order chi connectivity index (χ1) is 15.8. The van der Waals surface area contributed by atoms with Crippen molar-refractivity contribution < 1.29 is 19.6 Å². The number of nitro benzene ring substituents is 1. The third kappa shape index (κ3) is 4.01. The molecule has 0 saturated carbocycles. The number of nitrogens with two attached hydrogens (primary N) is 1. The maximum Gasteiger partial charge on any atom is 0.312 e. The number of rotatable bonds is 6. The second kappa shape index (κ2) is 8.51. The van der Waals surface area contributed by atoms with Crippen LogP contribution in [0.5, 0.6) is 11.5 Å². The van der Waals surface area contributed by atoms with Gasteiger partial charge in [0.1, 0.15) is 5.75 Å². The largest absolute Gasteiger partial charge is 0.502 e. The first-order valence-corrected chi connectivity index (χ1v) is 10.0. The number of hydrogen-bond donors (Lipinski definition) is 2. The Labute approximate surface area is 189 Å². The molecule has 0 aliphatic rings. The van der Waals surface area contributed by atoms with E-state index >= 15 is 0 Å². The fourth-order valence-electron chi connectivity index (χ4n) is 3.82. The monoisotopic (exact) mass is 443 g/mol. The fraction of sp³-hybridized carbons (Fsp3) is 0.0800. The van der Waals surface area contributed by atoms with E-state index in [1.807, 2.05) is 54.1 Å². The standard InChI is InChI=1S/C25H21N3O5/c1-15-13-17(25(26)30)5-9-20(15)24-21(16-3-7-19(33-2)8-4-16)11-12-27(24)18-6-10-23(29)22(14-18)28(31)32/h3-14,29H,1-2H3,(H2,26,30). The Morgan fingerprint density at radius 2 is 1.76 bits per heavy atom. The molecule has 0 saturated heterocycles. The number of carbonyl (C=O) groups excluding carboxylic acids is 1. The Bertz CT molecular complexity index is 1370. The summed E-state index contributed by atoms with van der Waals surface area (Å²) < 4.78 is 7.08. The molecule has 33 heavy (non-hydrogen) atoms. The molecule has 0 fully saturated rings. The molecule has 0 aliphatic carbocycles. The van der Waals surface area contributed by atoms with E-state index in [1.165, 1.54) is 12.1 Å². The second-order valence-corrected chi connectivity index (χ2v) is 7.50. The van der Waals surface area contributed by atoms with Crippen molar-refractivity contribution in [1.82, 2.24) is 4.57 Å². The summed E-state index contributed by atoms with van der Waals surface area (Å²) in [5.41, 5.74) is 10.1. The van der Waals surface area contributed by atoms with Crippen molar-refractivity contribution in [2.75, 3.05) is 7.11 Å². The molecule has 4 aromatic rings. The topological polar surface area (TPSA) is 121 Å². The van der Waals surface area contributed by atoms with Crippen LogP contribution in [0.3, 0.4) is 0 Å². The Kier molecular flexibility index (Phi) is 5.58. The number of amides is 1. The van der Waals surface area contributed by atoms with Gasteiger partial charge in [-0.25, -0.2) is 0 Å². The van der Waals surface area contributed by atoms with Gasteiger partial charge in [-0.05, 0) is 60.5 Å². The lowest BCUT2D eigenvalue weighted by molar-refractivity contribution is -0.385. The second-order valence-electron chi connectivity index (χ2n) is 7.50. The minimum Gasteiger partial charge on any atom is -0.502 e. The minimum absolute atomic E-state index is 0.389. The average Bonchev–Trinajstić information content (AvgIpc) is 3.24. The van der Waals surface area contributed by atoms with E-state index in [0.717, 1.165) is 33.7 Å². The minimum atomic E-state index is -0.626. The number of primary amides is 1. The third-order valence-corrected chi connectivity index (χ3v) is 5.49. The van der Waals surface area contributed by atoms with Crippen LogP contribution in [0.1, 0.15) is 15.9 Å². The molecule has 4 rings (SSSR count). The zero-order valence-electron chi connectivity index (χ0n) is 18.0. The van der Waals surface area contributed by atoms with Gasteiger partial charge in [0.2, 0.25) is 5.91 Å². The summed E-state index contributed by atoms with van der Waals surface area (Å²) in [5.74, 6) is -0.213. The highest BCUT2D eigenvalue weighted by molar-refractivity contribution is 5.94. The van der Waals surface area contributed by atoms with Crippen LogP contribution in [-0.2, 0) is 0 Å². The van der Waals surface area contributed by atoms with Gasteiger partial charge in [0.25, 0.3) is 0 Å². The van der Waals surface area contributed by atoms with Crippen LogP contribution in [0.4, 0.5) is 5.69 Å². The summed E-state index contributed by atoms with van der Waals surface area (Å²) >= 11 is 0.